The SMILES string of the molecule is COc1ccc(/C=N\Nc2nc3ccccc3s2)cc1OCc1ccc(C)cc1. The lowest BCUT2D eigenvalue weighted by atomic mass is 10.1. The molecule has 1 N–H and O–H groups in total. The first kappa shape index (κ1) is 19.0. The highest BCUT2D eigenvalue weighted by Gasteiger charge is 2.06. The second-order valence-electron chi connectivity index (χ2n) is 6.54. The number of benzene rings is 3. The molecule has 1 heterocycles. The summed E-state index contributed by atoms with van der Waals surface area (Å²) in [6.07, 6.45) is 1.74. The Kier molecular flexibility index (Phi) is 5.72. The fourth-order valence-corrected chi connectivity index (χ4v) is 3.63. The maximum Gasteiger partial charge on any atom is 0.204 e. The molecule has 0 bridgehead atoms. The lowest BCUT2D eigenvalue weighted by molar-refractivity contribution is 0.284. The van der Waals surface area contributed by atoms with Crippen molar-refractivity contribution in [2.75, 3.05) is 12.5 Å². The summed E-state index contributed by atoms with van der Waals surface area (Å²) in [5.41, 5.74) is 7.20. The Morgan fingerprint density at radius 3 is 2.66 bits per heavy atom. The maximum absolute atomic E-state index is 5.98. The number of para-hydroxylation sites is 1. The molecule has 0 atom stereocenters. The molecule has 0 aliphatic carbocycles. The zero-order chi connectivity index (χ0) is 20.1. The summed E-state index contributed by atoms with van der Waals surface area (Å²) in [7, 11) is 1.64. The van der Waals surface area contributed by atoms with E-state index in [4.69, 9.17) is 9.47 Å². The van der Waals surface area contributed by atoms with Crippen LogP contribution in [-0.2, 0) is 6.61 Å². The molecule has 3 aromatic carbocycles. The van der Waals surface area contributed by atoms with E-state index in [0.717, 1.165) is 26.5 Å². The predicted molar refractivity (Wildman–Crippen MR) is 119 cm³/mol. The van der Waals surface area contributed by atoms with Crippen LogP contribution in [0.2, 0.25) is 0 Å². The minimum atomic E-state index is 0.473. The van der Waals surface area contributed by atoms with Crippen LogP contribution in [0.1, 0.15) is 16.7 Å². The Balaban J connectivity index is 1.45. The van der Waals surface area contributed by atoms with Gasteiger partial charge in [0.05, 0.1) is 23.5 Å². The zero-order valence-electron chi connectivity index (χ0n) is 16.3. The van der Waals surface area contributed by atoms with E-state index >= 15 is 0 Å². The molecule has 0 spiro atoms. The molecule has 0 fully saturated rings. The molecule has 0 radical (unpaired) electrons. The van der Waals surface area contributed by atoms with Gasteiger partial charge in [0.2, 0.25) is 5.13 Å². The molecule has 4 rings (SSSR count). The highest BCUT2D eigenvalue weighted by molar-refractivity contribution is 7.22. The molecule has 0 amide bonds. The number of rotatable bonds is 7. The standard InChI is InChI=1S/C23H21N3O2S/c1-16-7-9-17(10-8-16)15-28-21-13-18(11-12-20(21)27-2)14-24-26-23-25-19-5-3-4-6-22(19)29-23/h3-14H,15H2,1-2H3,(H,25,26)/b24-14-. The van der Waals surface area contributed by atoms with E-state index in [1.807, 2.05) is 42.5 Å². The van der Waals surface area contributed by atoms with Crippen molar-refractivity contribution in [2.24, 2.45) is 5.10 Å². The quantitative estimate of drug-likeness (QED) is 0.321. The Morgan fingerprint density at radius 1 is 1.03 bits per heavy atom. The topological polar surface area (TPSA) is 55.7 Å². The van der Waals surface area contributed by atoms with Crippen LogP contribution in [-0.4, -0.2) is 18.3 Å². The summed E-state index contributed by atoms with van der Waals surface area (Å²) < 4.78 is 12.5. The Hall–Kier alpha value is -3.38. The lowest BCUT2D eigenvalue weighted by Crippen LogP contribution is -1.99. The van der Waals surface area contributed by atoms with E-state index in [1.165, 1.54) is 5.56 Å². The molecule has 0 unspecified atom stereocenters. The summed E-state index contributed by atoms with van der Waals surface area (Å²) in [4.78, 5) is 4.51. The van der Waals surface area contributed by atoms with Gasteiger partial charge in [-0.1, -0.05) is 53.3 Å². The third kappa shape index (κ3) is 4.73. The summed E-state index contributed by atoms with van der Waals surface area (Å²) in [6, 6.07) is 22.0. The lowest BCUT2D eigenvalue weighted by Gasteiger charge is -2.11. The monoisotopic (exact) mass is 403 g/mol. The van der Waals surface area contributed by atoms with Crippen molar-refractivity contribution in [2.45, 2.75) is 13.5 Å². The fraction of sp³-hybridized carbons (Fsp3) is 0.130. The van der Waals surface area contributed by atoms with Crippen molar-refractivity contribution in [3.8, 4) is 11.5 Å². The van der Waals surface area contributed by atoms with Crippen molar-refractivity contribution in [3.05, 3.63) is 83.4 Å². The smallest absolute Gasteiger partial charge is 0.204 e. The van der Waals surface area contributed by atoms with Crippen LogP contribution in [0.3, 0.4) is 0 Å². The second-order valence-corrected chi connectivity index (χ2v) is 7.57. The number of aryl methyl sites for hydroxylation is 1. The van der Waals surface area contributed by atoms with Gasteiger partial charge in [-0.05, 0) is 48.4 Å². The van der Waals surface area contributed by atoms with E-state index in [2.05, 4.69) is 46.7 Å². The number of fused-ring (bicyclic) bond motifs is 1. The van der Waals surface area contributed by atoms with Crippen molar-refractivity contribution in [1.82, 2.24) is 4.98 Å². The number of hydrazone groups is 1. The maximum atomic E-state index is 5.98. The zero-order valence-corrected chi connectivity index (χ0v) is 17.1. The molecule has 1 aromatic heterocycles. The van der Waals surface area contributed by atoms with Crippen molar-refractivity contribution in [1.29, 1.82) is 0 Å². The van der Waals surface area contributed by atoms with Gasteiger partial charge in [-0.15, -0.1) is 0 Å². The van der Waals surface area contributed by atoms with Crippen molar-refractivity contribution >= 4 is 32.9 Å². The average molecular weight is 404 g/mol. The molecular formula is C23H21N3O2S. The van der Waals surface area contributed by atoms with E-state index in [-0.39, 0.29) is 0 Å². The summed E-state index contributed by atoms with van der Waals surface area (Å²) >= 11 is 1.57. The van der Waals surface area contributed by atoms with Crippen molar-refractivity contribution < 1.29 is 9.47 Å². The fourth-order valence-electron chi connectivity index (χ4n) is 2.81. The van der Waals surface area contributed by atoms with Gasteiger partial charge in [-0.3, -0.25) is 5.43 Å². The van der Waals surface area contributed by atoms with Gasteiger partial charge in [0, 0.05) is 0 Å². The molecule has 0 saturated heterocycles. The molecule has 0 aliphatic heterocycles. The Morgan fingerprint density at radius 2 is 1.86 bits per heavy atom. The number of anilines is 1. The molecule has 29 heavy (non-hydrogen) atoms. The van der Waals surface area contributed by atoms with E-state index in [0.29, 0.717) is 18.1 Å². The first-order valence-electron chi connectivity index (χ1n) is 9.22. The molecule has 5 nitrogen and oxygen atoms in total. The molecule has 146 valence electrons. The Bertz CT molecular complexity index is 1100. The molecule has 6 heteroatoms. The molecule has 0 aliphatic rings. The van der Waals surface area contributed by atoms with E-state index < -0.39 is 0 Å². The number of hydrogen-bond donors (Lipinski definition) is 1. The van der Waals surface area contributed by atoms with Crippen LogP contribution in [0.15, 0.2) is 71.8 Å². The van der Waals surface area contributed by atoms with Crippen LogP contribution >= 0.6 is 11.3 Å². The minimum absolute atomic E-state index is 0.473. The number of ether oxygens (including phenoxy) is 2. The number of hydrogen-bond acceptors (Lipinski definition) is 6. The van der Waals surface area contributed by atoms with Gasteiger partial charge in [-0.2, -0.15) is 5.10 Å². The number of methoxy groups -OCH3 is 1. The Labute approximate surface area is 173 Å². The predicted octanol–water partition coefficient (Wildman–Crippen LogP) is 5.64. The van der Waals surface area contributed by atoms with Crippen LogP contribution in [0.4, 0.5) is 5.13 Å². The van der Waals surface area contributed by atoms with Gasteiger partial charge in [0.25, 0.3) is 0 Å². The number of aromatic nitrogens is 1. The van der Waals surface area contributed by atoms with E-state index in [1.54, 1.807) is 24.7 Å². The van der Waals surface area contributed by atoms with E-state index in [9.17, 15) is 0 Å². The van der Waals surface area contributed by atoms with Gasteiger partial charge < -0.3 is 9.47 Å². The van der Waals surface area contributed by atoms with Gasteiger partial charge >= 0.3 is 0 Å². The highest BCUT2D eigenvalue weighted by atomic mass is 32.1. The number of nitrogens with zero attached hydrogens (tertiary/aromatic N) is 2. The molecule has 0 saturated carbocycles. The third-order valence-electron chi connectivity index (χ3n) is 4.37. The molecule has 4 aromatic rings. The normalized spacial score (nSPS) is 11.1. The largest absolute Gasteiger partial charge is 0.493 e. The van der Waals surface area contributed by atoms with Crippen molar-refractivity contribution in [3.63, 3.8) is 0 Å². The van der Waals surface area contributed by atoms with Gasteiger partial charge in [0.15, 0.2) is 11.5 Å². The number of nitrogens with one attached hydrogen (secondary N) is 1. The summed E-state index contributed by atoms with van der Waals surface area (Å²) in [5, 5.41) is 5.06. The summed E-state index contributed by atoms with van der Waals surface area (Å²) in [5.74, 6) is 1.37. The van der Waals surface area contributed by atoms with Crippen LogP contribution in [0.25, 0.3) is 10.2 Å². The number of thiazole rings is 1. The first-order valence-corrected chi connectivity index (χ1v) is 10.0. The molecular weight excluding hydrogens is 382 g/mol. The third-order valence-corrected chi connectivity index (χ3v) is 5.31. The van der Waals surface area contributed by atoms with Crippen LogP contribution < -0.4 is 14.9 Å². The van der Waals surface area contributed by atoms with Gasteiger partial charge in [-0.25, -0.2) is 4.98 Å². The minimum Gasteiger partial charge on any atom is -0.493 e. The van der Waals surface area contributed by atoms with Crippen LogP contribution in [0.5, 0.6) is 11.5 Å². The van der Waals surface area contributed by atoms with Gasteiger partial charge in [0.1, 0.15) is 6.61 Å². The van der Waals surface area contributed by atoms with Crippen LogP contribution in [0, 0.1) is 6.92 Å². The summed E-state index contributed by atoms with van der Waals surface area (Å²) in [6.45, 7) is 2.54. The first-order chi connectivity index (χ1) is 14.2. The highest BCUT2D eigenvalue weighted by Crippen LogP contribution is 2.29. The average Bonchev–Trinajstić information content (AvgIpc) is 3.16. The second kappa shape index (κ2) is 8.75.